The second-order valence-corrected chi connectivity index (χ2v) is 6.29. The van der Waals surface area contributed by atoms with E-state index in [1.807, 2.05) is 48.9 Å². The van der Waals surface area contributed by atoms with Gasteiger partial charge in [-0.05, 0) is 42.5 Å². The Morgan fingerprint density at radius 2 is 2.17 bits per heavy atom. The molecule has 0 fully saturated rings. The van der Waals surface area contributed by atoms with Gasteiger partial charge in [0.25, 0.3) is 5.89 Å². The number of hydrogen-bond donors (Lipinski definition) is 0. The number of benzene rings is 1. The fraction of sp³-hybridized carbons (Fsp3) is 0.167. The maximum absolute atomic E-state index is 11.1. The van der Waals surface area contributed by atoms with Crippen molar-refractivity contribution in [3.05, 3.63) is 57.6 Å². The number of aromatic nitrogens is 2. The van der Waals surface area contributed by atoms with Gasteiger partial charge in [-0.3, -0.25) is 0 Å². The molecule has 0 amide bonds. The first kappa shape index (κ1) is 16.1. The first-order chi connectivity index (χ1) is 11.5. The van der Waals surface area contributed by atoms with Crippen molar-refractivity contribution in [2.24, 2.45) is 0 Å². The van der Waals surface area contributed by atoms with Crippen LogP contribution in [-0.2, 0) is 4.79 Å². The molecule has 6 heteroatoms. The van der Waals surface area contributed by atoms with Crippen LogP contribution in [0, 0.1) is 13.8 Å². The van der Waals surface area contributed by atoms with Crippen molar-refractivity contribution in [3.63, 3.8) is 0 Å². The highest BCUT2D eigenvalue weighted by atomic mass is 32.1. The Labute approximate surface area is 143 Å². The van der Waals surface area contributed by atoms with E-state index in [0.29, 0.717) is 11.4 Å². The third-order valence-corrected chi connectivity index (χ3v) is 4.26. The summed E-state index contributed by atoms with van der Waals surface area (Å²) in [6.45, 7) is 3.95. The van der Waals surface area contributed by atoms with Crippen molar-refractivity contribution in [1.29, 1.82) is 0 Å². The van der Waals surface area contributed by atoms with Crippen LogP contribution < -0.4 is 5.11 Å². The molecule has 0 bridgehead atoms. The Balaban J connectivity index is 2.02. The molecule has 0 atom stereocenters. The lowest BCUT2D eigenvalue weighted by Gasteiger charge is -2.07. The van der Waals surface area contributed by atoms with Crippen LogP contribution in [0.2, 0.25) is 0 Å². The van der Waals surface area contributed by atoms with Gasteiger partial charge in [0, 0.05) is 28.9 Å². The number of aryl methyl sites for hydroxylation is 2. The Morgan fingerprint density at radius 3 is 2.88 bits per heavy atom. The summed E-state index contributed by atoms with van der Waals surface area (Å²) in [7, 11) is 0. The van der Waals surface area contributed by atoms with Gasteiger partial charge in [0.15, 0.2) is 0 Å². The van der Waals surface area contributed by atoms with E-state index in [1.54, 1.807) is 6.08 Å². The second-order valence-electron chi connectivity index (χ2n) is 5.51. The highest BCUT2D eigenvalue weighted by Crippen LogP contribution is 2.25. The van der Waals surface area contributed by atoms with Crippen LogP contribution >= 0.6 is 11.3 Å². The molecule has 0 aliphatic carbocycles. The number of carbonyl (C=O) groups excluding carboxylic acids is 1. The molecule has 2 heterocycles. The average Bonchev–Trinajstić information content (AvgIpc) is 3.20. The van der Waals surface area contributed by atoms with Crippen molar-refractivity contribution in [3.8, 4) is 11.4 Å². The van der Waals surface area contributed by atoms with Crippen molar-refractivity contribution < 1.29 is 14.4 Å². The topological polar surface area (TPSA) is 79.0 Å². The molecule has 0 N–H and O–H groups in total. The molecule has 122 valence electrons. The van der Waals surface area contributed by atoms with Crippen molar-refractivity contribution in [2.75, 3.05) is 0 Å². The van der Waals surface area contributed by atoms with Gasteiger partial charge in [-0.15, -0.1) is 0 Å². The number of rotatable bonds is 5. The molecular formula is C18H15N2O3S-. The number of nitrogens with zero attached hydrogens (tertiary/aromatic N) is 2. The third kappa shape index (κ3) is 3.60. The summed E-state index contributed by atoms with van der Waals surface area (Å²) in [5.41, 5.74) is 4.31. The van der Waals surface area contributed by atoms with Crippen LogP contribution in [0.25, 0.3) is 23.0 Å². The molecule has 3 aromatic rings. The van der Waals surface area contributed by atoms with Gasteiger partial charge in [-0.1, -0.05) is 28.9 Å². The fourth-order valence-electron chi connectivity index (χ4n) is 2.31. The minimum atomic E-state index is -1.19. The van der Waals surface area contributed by atoms with Crippen LogP contribution in [-0.4, -0.2) is 16.1 Å². The highest BCUT2D eigenvalue weighted by Gasteiger charge is 2.14. The number of hydrogen-bond acceptors (Lipinski definition) is 6. The van der Waals surface area contributed by atoms with Gasteiger partial charge in [-0.25, -0.2) is 0 Å². The predicted octanol–water partition coefficient (Wildman–Crippen LogP) is 3.10. The summed E-state index contributed by atoms with van der Waals surface area (Å²) in [5.74, 6) is -0.556. The molecule has 5 nitrogen and oxygen atoms in total. The van der Waals surface area contributed by atoms with E-state index in [0.717, 1.165) is 22.3 Å². The first-order valence-corrected chi connectivity index (χ1v) is 8.31. The largest absolute Gasteiger partial charge is 0.550 e. The summed E-state index contributed by atoms with van der Waals surface area (Å²) in [6.07, 6.45) is 1.47. The molecule has 24 heavy (non-hydrogen) atoms. The number of carbonyl (C=O) groups is 1. The van der Waals surface area contributed by atoms with Crippen LogP contribution in [0.15, 0.2) is 39.5 Å². The molecule has 0 saturated carbocycles. The lowest BCUT2D eigenvalue weighted by Crippen LogP contribution is -2.22. The van der Waals surface area contributed by atoms with Gasteiger partial charge < -0.3 is 14.4 Å². The van der Waals surface area contributed by atoms with Crippen molar-refractivity contribution in [2.45, 2.75) is 20.3 Å². The number of carboxylic acids is 1. The smallest absolute Gasteiger partial charge is 0.254 e. The molecule has 0 unspecified atom stereocenters. The van der Waals surface area contributed by atoms with Crippen LogP contribution in [0.4, 0.5) is 0 Å². The molecular weight excluding hydrogens is 324 g/mol. The van der Waals surface area contributed by atoms with Gasteiger partial charge in [0.2, 0.25) is 5.82 Å². The van der Waals surface area contributed by atoms with Crippen LogP contribution in [0.1, 0.15) is 29.0 Å². The third-order valence-electron chi connectivity index (χ3n) is 3.58. The summed E-state index contributed by atoms with van der Waals surface area (Å²) in [6, 6.07) is 7.86. The number of aliphatic carboxylic acids is 1. The average molecular weight is 339 g/mol. The van der Waals surface area contributed by atoms with E-state index in [4.69, 9.17) is 4.52 Å². The standard InChI is InChI=1S/C18H16N2O3S/c1-11-3-4-12(2)14(7-11)8-15(9-16(21)22)18-19-17(20-23-18)13-5-6-24-10-13/h3-8,10H,9H2,1-2H3,(H,21,22)/p-1/b15-8+. The zero-order valence-corrected chi connectivity index (χ0v) is 14.1. The van der Waals surface area contributed by atoms with Crippen molar-refractivity contribution >= 4 is 29.0 Å². The zero-order chi connectivity index (χ0) is 17.1. The van der Waals surface area contributed by atoms with E-state index in [-0.39, 0.29) is 12.3 Å². The van der Waals surface area contributed by atoms with E-state index < -0.39 is 5.97 Å². The molecule has 0 aliphatic rings. The maximum Gasteiger partial charge on any atom is 0.254 e. The fourth-order valence-corrected chi connectivity index (χ4v) is 2.94. The molecule has 2 aromatic heterocycles. The van der Waals surface area contributed by atoms with E-state index in [2.05, 4.69) is 10.1 Å². The van der Waals surface area contributed by atoms with E-state index >= 15 is 0 Å². The monoisotopic (exact) mass is 339 g/mol. The first-order valence-electron chi connectivity index (χ1n) is 7.37. The Kier molecular flexibility index (Phi) is 4.57. The minimum Gasteiger partial charge on any atom is -0.550 e. The maximum atomic E-state index is 11.1. The SMILES string of the molecule is Cc1ccc(C)c(/C=C(\CC(=O)[O-])c2nc(-c3ccsc3)no2)c1. The molecule has 0 aliphatic heterocycles. The number of thiophene rings is 1. The van der Waals surface area contributed by atoms with Crippen LogP contribution in [0.5, 0.6) is 0 Å². The summed E-state index contributed by atoms with van der Waals surface area (Å²) < 4.78 is 5.28. The van der Waals surface area contributed by atoms with Crippen molar-refractivity contribution in [1.82, 2.24) is 10.1 Å². The molecule has 0 saturated heterocycles. The second kappa shape index (κ2) is 6.80. The lowest BCUT2D eigenvalue weighted by molar-refractivity contribution is -0.304. The Hall–Kier alpha value is -2.73. The molecule has 3 rings (SSSR count). The van der Waals surface area contributed by atoms with E-state index in [9.17, 15) is 9.90 Å². The zero-order valence-electron chi connectivity index (χ0n) is 13.3. The van der Waals surface area contributed by atoms with Gasteiger partial charge in [0.05, 0.1) is 0 Å². The summed E-state index contributed by atoms with van der Waals surface area (Å²) in [4.78, 5) is 15.4. The Bertz CT molecular complexity index is 895. The highest BCUT2D eigenvalue weighted by molar-refractivity contribution is 7.08. The summed E-state index contributed by atoms with van der Waals surface area (Å²) >= 11 is 1.53. The molecule has 0 spiro atoms. The van der Waals surface area contributed by atoms with Crippen LogP contribution in [0.3, 0.4) is 0 Å². The molecule has 1 aromatic carbocycles. The van der Waals surface area contributed by atoms with Gasteiger partial charge >= 0.3 is 0 Å². The van der Waals surface area contributed by atoms with E-state index in [1.165, 1.54) is 11.3 Å². The lowest BCUT2D eigenvalue weighted by atomic mass is 10.0. The quantitative estimate of drug-likeness (QED) is 0.713. The normalized spacial score (nSPS) is 11.7. The Morgan fingerprint density at radius 1 is 1.33 bits per heavy atom. The van der Waals surface area contributed by atoms with Gasteiger partial charge in [0.1, 0.15) is 0 Å². The van der Waals surface area contributed by atoms with Gasteiger partial charge in [-0.2, -0.15) is 16.3 Å². The predicted molar refractivity (Wildman–Crippen MR) is 91.0 cm³/mol. The molecule has 0 radical (unpaired) electrons. The number of carboxylic acid groups (broad SMARTS) is 1. The summed E-state index contributed by atoms with van der Waals surface area (Å²) in [5, 5.41) is 18.9. The minimum absolute atomic E-state index is 0.196.